The quantitative estimate of drug-likeness (QED) is 0.853. The summed E-state index contributed by atoms with van der Waals surface area (Å²) in [6, 6.07) is 1.17. The summed E-state index contributed by atoms with van der Waals surface area (Å²) in [4.78, 5) is 0. The minimum atomic E-state index is -0.865. The topological polar surface area (TPSA) is 12.0 Å². The highest BCUT2D eigenvalue weighted by Gasteiger charge is 2.31. The minimum absolute atomic E-state index is 0.00708. The lowest BCUT2D eigenvalue weighted by molar-refractivity contribution is 0.218. The van der Waals surface area contributed by atoms with Crippen LogP contribution in [0.2, 0.25) is 0 Å². The van der Waals surface area contributed by atoms with Crippen molar-refractivity contribution in [3.63, 3.8) is 0 Å². The SMILES string of the molecule is CCNC(c1c(F)cc(F)cc1F)C1CCCC(C)C1. The molecule has 4 heteroatoms. The van der Waals surface area contributed by atoms with Crippen molar-refractivity contribution in [2.45, 2.75) is 45.6 Å². The molecule has 112 valence electrons. The highest BCUT2D eigenvalue weighted by atomic mass is 19.1. The zero-order valence-corrected chi connectivity index (χ0v) is 12.1. The molecule has 1 aliphatic rings. The van der Waals surface area contributed by atoms with Gasteiger partial charge in [0.15, 0.2) is 0 Å². The molecule has 2 rings (SSSR count). The lowest BCUT2D eigenvalue weighted by Crippen LogP contribution is -2.32. The maximum atomic E-state index is 14.0. The fraction of sp³-hybridized carbons (Fsp3) is 0.625. The average molecular weight is 285 g/mol. The molecule has 1 aromatic carbocycles. The number of nitrogens with one attached hydrogen (secondary N) is 1. The van der Waals surface area contributed by atoms with Crippen LogP contribution in [0.1, 0.15) is 51.1 Å². The largest absolute Gasteiger partial charge is 0.310 e. The zero-order chi connectivity index (χ0) is 14.7. The van der Waals surface area contributed by atoms with Gasteiger partial charge < -0.3 is 5.32 Å². The van der Waals surface area contributed by atoms with E-state index in [1.165, 1.54) is 6.42 Å². The summed E-state index contributed by atoms with van der Waals surface area (Å²) < 4.78 is 41.1. The van der Waals surface area contributed by atoms with Gasteiger partial charge in [0.1, 0.15) is 17.5 Å². The van der Waals surface area contributed by atoms with Gasteiger partial charge in [0, 0.05) is 23.7 Å². The van der Waals surface area contributed by atoms with E-state index >= 15 is 0 Å². The van der Waals surface area contributed by atoms with E-state index in [1.807, 2.05) is 6.92 Å². The minimum Gasteiger partial charge on any atom is -0.310 e. The number of halogens is 3. The maximum absolute atomic E-state index is 14.0. The molecular formula is C16H22F3N. The van der Waals surface area contributed by atoms with Crippen molar-refractivity contribution < 1.29 is 13.2 Å². The molecule has 0 aromatic heterocycles. The fourth-order valence-electron chi connectivity index (χ4n) is 3.36. The second kappa shape index (κ2) is 6.61. The van der Waals surface area contributed by atoms with Crippen molar-refractivity contribution in [3.05, 3.63) is 35.1 Å². The summed E-state index contributed by atoms with van der Waals surface area (Å²) in [5.41, 5.74) is -0.00708. The monoisotopic (exact) mass is 285 g/mol. The number of hydrogen-bond acceptors (Lipinski definition) is 1. The Labute approximate surface area is 118 Å². The van der Waals surface area contributed by atoms with Gasteiger partial charge in [-0.25, -0.2) is 13.2 Å². The Morgan fingerprint density at radius 3 is 2.40 bits per heavy atom. The third kappa shape index (κ3) is 3.35. The molecule has 0 spiro atoms. The van der Waals surface area contributed by atoms with Crippen molar-refractivity contribution in [2.24, 2.45) is 11.8 Å². The van der Waals surface area contributed by atoms with E-state index < -0.39 is 17.5 Å². The van der Waals surface area contributed by atoms with Gasteiger partial charge in [0.25, 0.3) is 0 Å². The number of hydrogen-bond donors (Lipinski definition) is 1. The number of rotatable bonds is 4. The highest BCUT2D eigenvalue weighted by molar-refractivity contribution is 5.25. The molecule has 3 unspecified atom stereocenters. The van der Waals surface area contributed by atoms with Gasteiger partial charge in [-0.2, -0.15) is 0 Å². The maximum Gasteiger partial charge on any atom is 0.133 e. The van der Waals surface area contributed by atoms with Crippen molar-refractivity contribution in [2.75, 3.05) is 6.54 Å². The predicted molar refractivity (Wildman–Crippen MR) is 73.9 cm³/mol. The van der Waals surface area contributed by atoms with Crippen LogP contribution in [0, 0.1) is 29.3 Å². The Bertz CT molecular complexity index is 438. The zero-order valence-electron chi connectivity index (χ0n) is 12.1. The van der Waals surface area contributed by atoms with Gasteiger partial charge in [0.2, 0.25) is 0 Å². The Morgan fingerprint density at radius 1 is 1.20 bits per heavy atom. The molecule has 3 atom stereocenters. The summed E-state index contributed by atoms with van der Waals surface area (Å²) in [5, 5.41) is 3.19. The Hall–Kier alpha value is -1.03. The lowest BCUT2D eigenvalue weighted by atomic mass is 9.76. The van der Waals surface area contributed by atoms with E-state index in [2.05, 4.69) is 12.2 Å². The smallest absolute Gasteiger partial charge is 0.133 e. The Kier molecular flexibility index (Phi) is 5.08. The Morgan fingerprint density at radius 2 is 1.85 bits per heavy atom. The molecule has 1 fully saturated rings. The molecule has 1 aliphatic carbocycles. The van der Waals surface area contributed by atoms with E-state index in [9.17, 15) is 13.2 Å². The first kappa shape index (κ1) is 15.4. The van der Waals surface area contributed by atoms with Crippen LogP contribution in [-0.4, -0.2) is 6.54 Å². The highest BCUT2D eigenvalue weighted by Crippen LogP contribution is 2.38. The fourth-order valence-corrected chi connectivity index (χ4v) is 3.36. The molecule has 1 N–H and O–H groups in total. The molecular weight excluding hydrogens is 263 g/mol. The van der Waals surface area contributed by atoms with E-state index in [1.54, 1.807) is 0 Å². The first-order chi connectivity index (χ1) is 9.52. The molecule has 0 radical (unpaired) electrons. The van der Waals surface area contributed by atoms with Crippen LogP contribution in [0.4, 0.5) is 13.2 Å². The van der Waals surface area contributed by atoms with Gasteiger partial charge in [-0.15, -0.1) is 0 Å². The molecule has 1 nitrogen and oxygen atoms in total. The molecule has 20 heavy (non-hydrogen) atoms. The van der Waals surface area contributed by atoms with E-state index in [0.717, 1.165) is 31.4 Å². The molecule has 0 amide bonds. The standard InChI is InChI=1S/C16H22F3N/c1-3-20-16(11-6-4-5-10(2)7-11)15-13(18)8-12(17)9-14(15)19/h8-11,16,20H,3-7H2,1-2H3. The van der Waals surface area contributed by atoms with Crippen molar-refractivity contribution in [3.8, 4) is 0 Å². The van der Waals surface area contributed by atoms with Gasteiger partial charge in [-0.3, -0.25) is 0 Å². The molecule has 0 heterocycles. The Balaban J connectivity index is 2.33. The lowest BCUT2D eigenvalue weighted by Gasteiger charge is -2.34. The first-order valence-corrected chi connectivity index (χ1v) is 7.40. The van der Waals surface area contributed by atoms with Crippen LogP contribution < -0.4 is 5.32 Å². The second-order valence-electron chi connectivity index (χ2n) is 5.85. The summed E-state index contributed by atoms with van der Waals surface area (Å²) in [6.45, 7) is 4.72. The van der Waals surface area contributed by atoms with Crippen LogP contribution in [0.15, 0.2) is 12.1 Å². The van der Waals surface area contributed by atoms with E-state index in [4.69, 9.17) is 0 Å². The van der Waals surface area contributed by atoms with Crippen LogP contribution in [-0.2, 0) is 0 Å². The van der Waals surface area contributed by atoms with Crippen LogP contribution in [0.3, 0.4) is 0 Å². The van der Waals surface area contributed by atoms with Gasteiger partial charge >= 0.3 is 0 Å². The summed E-state index contributed by atoms with van der Waals surface area (Å²) >= 11 is 0. The summed E-state index contributed by atoms with van der Waals surface area (Å²) in [5.74, 6) is -1.66. The first-order valence-electron chi connectivity index (χ1n) is 7.40. The summed E-state index contributed by atoms with van der Waals surface area (Å²) in [6.07, 6.45) is 4.16. The normalized spacial score (nSPS) is 24.6. The van der Waals surface area contributed by atoms with Crippen LogP contribution in [0.25, 0.3) is 0 Å². The summed E-state index contributed by atoms with van der Waals surface area (Å²) in [7, 11) is 0. The van der Waals surface area contributed by atoms with Crippen molar-refractivity contribution >= 4 is 0 Å². The van der Waals surface area contributed by atoms with Gasteiger partial charge in [0.05, 0.1) is 0 Å². The predicted octanol–water partition coefficient (Wildman–Crippen LogP) is 4.58. The number of benzene rings is 1. The second-order valence-corrected chi connectivity index (χ2v) is 5.85. The molecule has 0 saturated heterocycles. The third-order valence-electron chi connectivity index (χ3n) is 4.23. The van der Waals surface area contributed by atoms with Crippen LogP contribution >= 0.6 is 0 Å². The molecule has 0 bridgehead atoms. The van der Waals surface area contributed by atoms with Crippen LogP contribution in [0.5, 0.6) is 0 Å². The van der Waals surface area contributed by atoms with Crippen molar-refractivity contribution in [1.29, 1.82) is 0 Å². The van der Waals surface area contributed by atoms with Crippen molar-refractivity contribution in [1.82, 2.24) is 5.32 Å². The van der Waals surface area contributed by atoms with Gasteiger partial charge in [-0.1, -0.05) is 26.7 Å². The van der Waals surface area contributed by atoms with E-state index in [0.29, 0.717) is 12.5 Å². The average Bonchev–Trinajstić information content (AvgIpc) is 2.36. The third-order valence-corrected chi connectivity index (χ3v) is 4.23. The van der Waals surface area contributed by atoms with E-state index in [-0.39, 0.29) is 17.5 Å². The molecule has 1 aromatic rings. The molecule has 1 saturated carbocycles. The van der Waals surface area contributed by atoms with Gasteiger partial charge in [-0.05, 0) is 31.2 Å². The molecule has 0 aliphatic heterocycles.